The monoisotopic (exact) mass is 264 g/mol. The molecular weight excluding hydrogens is 244 g/mol. The Balaban J connectivity index is 2.01. The fraction of sp³-hybridized carbons (Fsp3) is 0.583. The van der Waals surface area contributed by atoms with Gasteiger partial charge in [-0.25, -0.2) is 10.8 Å². The third kappa shape index (κ3) is 3.18. The van der Waals surface area contributed by atoms with E-state index in [0.717, 1.165) is 13.0 Å². The summed E-state index contributed by atoms with van der Waals surface area (Å²) in [6.07, 6.45) is 5.25. The number of hydrazine groups is 1. The highest BCUT2D eigenvalue weighted by molar-refractivity contribution is 5.92. The first-order valence-corrected chi connectivity index (χ1v) is 6.36. The van der Waals surface area contributed by atoms with Crippen LogP contribution in [0.25, 0.3) is 0 Å². The number of hydrogen-bond donors (Lipinski definition) is 2. The Bertz CT molecular complexity index is 452. The van der Waals surface area contributed by atoms with E-state index in [1.165, 1.54) is 18.8 Å². The highest BCUT2D eigenvalue weighted by Gasteiger charge is 2.24. The zero-order valence-corrected chi connectivity index (χ0v) is 11.3. The summed E-state index contributed by atoms with van der Waals surface area (Å²) in [4.78, 5) is 24.3. The predicted molar refractivity (Wildman–Crippen MR) is 72.5 cm³/mol. The molecule has 0 radical (unpaired) electrons. The Hall–Kier alpha value is -1.73. The molecule has 19 heavy (non-hydrogen) atoms. The van der Waals surface area contributed by atoms with E-state index in [9.17, 15) is 4.79 Å². The Labute approximate surface area is 112 Å². The number of likely N-dealkylation sites (N-methyl/N-ethyl adjacent to an activating group) is 2. The smallest absolute Gasteiger partial charge is 0.273 e. The number of amides is 1. The van der Waals surface area contributed by atoms with Crippen molar-refractivity contribution in [2.45, 2.75) is 18.9 Å². The fourth-order valence-electron chi connectivity index (χ4n) is 2.34. The summed E-state index contributed by atoms with van der Waals surface area (Å²) in [6, 6.07) is 0.428. The molecule has 2 heterocycles. The molecule has 1 aliphatic heterocycles. The van der Waals surface area contributed by atoms with Crippen molar-refractivity contribution >= 4 is 11.7 Å². The van der Waals surface area contributed by atoms with Gasteiger partial charge in [-0.2, -0.15) is 0 Å². The lowest BCUT2D eigenvalue weighted by Crippen LogP contribution is -2.39. The quantitative estimate of drug-likeness (QED) is 0.584. The van der Waals surface area contributed by atoms with Crippen molar-refractivity contribution in [3.8, 4) is 0 Å². The van der Waals surface area contributed by atoms with Gasteiger partial charge >= 0.3 is 0 Å². The van der Waals surface area contributed by atoms with Crippen LogP contribution in [0.3, 0.4) is 0 Å². The number of carbonyl (C=O) groups excluding carboxylic acids is 1. The third-order valence-corrected chi connectivity index (χ3v) is 3.50. The highest BCUT2D eigenvalue weighted by Crippen LogP contribution is 2.16. The number of rotatable bonds is 4. The summed E-state index contributed by atoms with van der Waals surface area (Å²) in [5, 5.41) is 0. The van der Waals surface area contributed by atoms with Crippen molar-refractivity contribution in [2.24, 2.45) is 5.84 Å². The number of carbonyl (C=O) groups is 1. The van der Waals surface area contributed by atoms with Gasteiger partial charge in [0.05, 0.1) is 12.4 Å². The standard InChI is InChI=1S/C12H20N6O/c1-17-5-3-4-9(17)8-18(2)12(19)10-6-14-7-11(15-10)16-13/h6-7,9H,3-5,8,13H2,1-2H3,(H,15,16). The molecule has 1 amide bonds. The molecule has 0 aromatic carbocycles. The summed E-state index contributed by atoms with van der Waals surface area (Å²) < 4.78 is 0. The van der Waals surface area contributed by atoms with Gasteiger partial charge in [0.1, 0.15) is 5.69 Å². The summed E-state index contributed by atoms with van der Waals surface area (Å²) in [7, 11) is 3.88. The van der Waals surface area contributed by atoms with Crippen LogP contribution in [0.4, 0.5) is 5.82 Å². The number of nitrogens with two attached hydrogens (primary N) is 1. The third-order valence-electron chi connectivity index (χ3n) is 3.50. The number of nitrogens with one attached hydrogen (secondary N) is 1. The first-order valence-electron chi connectivity index (χ1n) is 6.36. The lowest BCUT2D eigenvalue weighted by molar-refractivity contribution is 0.0755. The molecule has 1 unspecified atom stereocenters. The number of nitrogen functional groups attached to an aromatic ring is 1. The van der Waals surface area contributed by atoms with Crippen LogP contribution in [0.1, 0.15) is 23.3 Å². The average molecular weight is 264 g/mol. The fourth-order valence-corrected chi connectivity index (χ4v) is 2.34. The van der Waals surface area contributed by atoms with Crippen molar-refractivity contribution in [2.75, 3.05) is 32.6 Å². The Morgan fingerprint density at radius 3 is 3.05 bits per heavy atom. The van der Waals surface area contributed by atoms with Gasteiger partial charge in [0, 0.05) is 19.6 Å². The molecule has 1 fully saturated rings. The van der Waals surface area contributed by atoms with Gasteiger partial charge in [-0.05, 0) is 26.4 Å². The largest absolute Gasteiger partial charge is 0.339 e. The van der Waals surface area contributed by atoms with Crippen LogP contribution >= 0.6 is 0 Å². The van der Waals surface area contributed by atoms with Crippen molar-refractivity contribution in [3.63, 3.8) is 0 Å². The van der Waals surface area contributed by atoms with Crippen LogP contribution in [-0.2, 0) is 0 Å². The van der Waals surface area contributed by atoms with E-state index in [4.69, 9.17) is 5.84 Å². The molecule has 0 aliphatic carbocycles. The van der Waals surface area contributed by atoms with Gasteiger partial charge in [0.25, 0.3) is 5.91 Å². The number of nitrogens with zero attached hydrogens (tertiary/aromatic N) is 4. The second kappa shape index (κ2) is 5.94. The van der Waals surface area contributed by atoms with Crippen LogP contribution in [0.5, 0.6) is 0 Å². The first kappa shape index (κ1) is 13.7. The zero-order valence-electron chi connectivity index (χ0n) is 11.3. The van der Waals surface area contributed by atoms with Crippen LogP contribution in [0, 0.1) is 0 Å². The van der Waals surface area contributed by atoms with E-state index in [1.807, 2.05) is 0 Å². The number of likely N-dealkylation sites (tertiary alicyclic amines) is 1. The van der Waals surface area contributed by atoms with E-state index in [0.29, 0.717) is 24.1 Å². The van der Waals surface area contributed by atoms with Gasteiger partial charge in [0.15, 0.2) is 5.82 Å². The van der Waals surface area contributed by atoms with E-state index >= 15 is 0 Å². The van der Waals surface area contributed by atoms with Crippen molar-refractivity contribution in [1.29, 1.82) is 0 Å². The molecule has 1 aromatic heterocycles. The topological polar surface area (TPSA) is 87.4 Å². The van der Waals surface area contributed by atoms with Gasteiger partial charge in [-0.3, -0.25) is 9.78 Å². The Morgan fingerprint density at radius 2 is 2.42 bits per heavy atom. The molecule has 0 bridgehead atoms. The van der Waals surface area contributed by atoms with Crippen molar-refractivity contribution in [3.05, 3.63) is 18.1 Å². The molecule has 3 N–H and O–H groups in total. The minimum atomic E-state index is -0.134. The van der Waals surface area contributed by atoms with Crippen LogP contribution < -0.4 is 11.3 Å². The van der Waals surface area contributed by atoms with Crippen LogP contribution in [0.2, 0.25) is 0 Å². The maximum absolute atomic E-state index is 12.2. The molecule has 0 saturated carbocycles. The summed E-state index contributed by atoms with van der Waals surface area (Å²) in [6.45, 7) is 1.80. The van der Waals surface area contributed by atoms with Crippen molar-refractivity contribution in [1.82, 2.24) is 19.8 Å². The lowest BCUT2D eigenvalue weighted by atomic mass is 10.2. The van der Waals surface area contributed by atoms with Crippen LogP contribution in [-0.4, -0.2) is 58.9 Å². The highest BCUT2D eigenvalue weighted by atomic mass is 16.2. The van der Waals surface area contributed by atoms with E-state index in [1.54, 1.807) is 11.9 Å². The number of anilines is 1. The summed E-state index contributed by atoms with van der Waals surface area (Å²) in [5.41, 5.74) is 2.69. The summed E-state index contributed by atoms with van der Waals surface area (Å²) in [5.74, 6) is 5.51. The first-order chi connectivity index (χ1) is 9.11. The van der Waals surface area contributed by atoms with Crippen molar-refractivity contribution < 1.29 is 4.79 Å². The van der Waals surface area contributed by atoms with Gasteiger partial charge < -0.3 is 15.2 Å². The zero-order chi connectivity index (χ0) is 13.8. The maximum atomic E-state index is 12.2. The molecule has 1 atom stereocenters. The molecular formula is C12H20N6O. The molecule has 1 saturated heterocycles. The van der Waals surface area contributed by atoms with Gasteiger partial charge in [-0.1, -0.05) is 0 Å². The molecule has 2 rings (SSSR count). The summed E-state index contributed by atoms with van der Waals surface area (Å²) >= 11 is 0. The maximum Gasteiger partial charge on any atom is 0.273 e. The molecule has 7 nitrogen and oxygen atoms in total. The second-order valence-electron chi connectivity index (χ2n) is 4.90. The normalized spacial score (nSPS) is 19.4. The molecule has 104 valence electrons. The molecule has 1 aliphatic rings. The minimum absolute atomic E-state index is 0.134. The average Bonchev–Trinajstić information content (AvgIpc) is 2.83. The Kier molecular flexibility index (Phi) is 4.28. The van der Waals surface area contributed by atoms with Crippen LogP contribution in [0.15, 0.2) is 12.4 Å². The Morgan fingerprint density at radius 1 is 1.63 bits per heavy atom. The SMILES string of the molecule is CN(CC1CCCN1C)C(=O)c1cncc(NN)n1. The minimum Gasteiger partial charge on any atom is -0.339 e. The van der Waals surface area contributed by atoms with E-state index < -0.39 is 0 Å². The molecule has 0 spiro atoms. The van der Waals surface area contributed by atoms with Gasteiger partial charge in [0.2, 0.25) is 0 Å². The van der Waals surface area contributed by atoms with E-state index in [-0.39, 0.29) is 5.91 Å². The molecule has 7 heteroatoms. The second-order valence-corrected chi connectivity index (χ2v) is 4.90. The number of hydrogen-bond acceptors (Lipinski definition) is 6. The van der Waals surface area contributed by atoms with E-state index in [2.05, 4.69) is 27.3 Å². The number of aromatic nitrogens is 2. The molecule has 1 aromatic rings. The van der Waals surface area contributed by atoms with Gasteiger partial charge in [-0.15, -0.1) is 0 Å². The lowest BCUT2D eigenvalue weighted by Gasteiger charge is -2.25. The predicted octanol–water partition coefficient (Wildman–Crippen LogP) is -0.0716.